The summed E-state index contributed by atoms with van der Waals surface area (Å²) in [5.41, 5.74) is 5.89. The summed E-state index contributed by atoms with van der Waals surface area (Å²) in [5.74, 6) is -0.271. The molecule has 0 saturated carbocycles. The van der Waals surface area contributed by atoms with Crippen molar-refractivity contribution < 1.29 is 14.3 Å². The largest absolute Gasteiger partial charge is 0.481 e. The van der Waals surface area contributed by atoms with Crippen LogP contribution < -0.4 is 20.9 Å². The fourth-order valence-corrected chi connectivity index (χ4v) is 3.62. The number of ether oxygens (including phenoxy) is 1. The molecule has 0 aliphatic heterocycles. The van der Waals surface area contributed by atoms with Gasteiger partial charge in [0.2, 0.25) is 5.91 Å². The van der Waals surface area contributed by atoms with Gasteiger partial charge in [-0.05, 0) is 64.5 Å². The van der Waals surface area contributed by atoms with Gasteiger partial charge in [0.15, 0.2) is 11.2 Å². The number of hydrogen-bond donors (Lipinski definition) is 3. The normalized spacial score (nSPS) is 11.8. The van der Waals surface area contributed by atoms with Crippen LogP contribution in [-0.2, 0) is 9.59 Å². The second-order valence-electron chi connectivity index (χ2n) is 7.60. The second kappa shape index (κ2) is 10.6. The molecule has 4 aromatic carbocycles. The number of rotatable bonds is 5. The van der Waals surface area contributed by atoms with Crippen LogP contribution in [0.3, 0.4) is 0 Å². The van der Waals surface area contributed by atoms with Gasteiger partial charge >= 0.3 is 0 Å². The maximum Gasteiger partial charge on any atom is 0.279 e. The van der Waals surface area contributed by atoms with Gasteiger partial charge < -0.3 is 4.74 Å². The highest BCUT2D eigenvalue weighted by Gasteiger charge is 2.15. The van der Waals surface area contributed by atoms with Crippen LogP contribution in [0.4, 0.5) is 0 Å². The van der Waals surface area contributed by atoms with E-state index in [2.05, 4.69) is 16.2 Å². The third-order valence-corrected chi connectivity index (χ3v) is 5.38. The van der Waals surface area contributed by atoms with Crippen molar-refractivity contribution in [3.8, 4) is 5.75 Å². The zero-order chi connectivity index (χ0) is 23.9. The molecule has 0 radical (unpaired) electrons. The molecule has 0 spiro atoms. The molecule has 4 rings (SSSR count). The molecule has 0 heterocycles. The number of nitrogens with one attached hydrogen (secondary N) is 3. The first-order valence-electron chi connectivity index (χ1n) is 10.7. The monoisotopic (exact) mass is 469 g/mol. The lowest BCUT2D eigenvalue weighted by molar-refractivity contribution is -0.128. The van der Waals surface area contributed by atoms with Gasteiger partial charge in [0, 0.05) is 6.08 Å². The summed E-state index contributed by atoms with van der Waals surface area (Å²) >= 11 is 5.09. The Morgan fingerprint density at radius 1 is 0.853 bits per heavy atom. The molecule has 7 heteroatoms. The fraction of sp³-hybridized carbons (Fsp3) is 0.0741. The van der Waals surface area contributed by atoms with Crippen LogP contribution >= 0.6 is 12.2 Å². The van der Waals surface area contributed by atoms with Crippen molar-refractivity contribution in [1.29, 1.82) is 0 Å². The Labute approximate surface area is 202 Å². The lowest BCUT2D eigenvalue weighted by atomic mass is 10.0. The highest BCUT2D eigenvalue weighted by molar-refractivity contribution is 7.80. The Morgan fingerprint density at radius 2 is 1.56 bits per heavy atom. The molecule has 3 N–H and O–H groups in total. The lowest BCUT2D eigenvalue weighted by Gasteiger charge is -2.16. The Kier molecular flexibility index (Phi) is 7.15. The van der Waals surface area contributed by atoms with E-state index in [9.17, 15) is 9.59 Å². The fourth-order valence-electron chi connectivity index (χ4n) is 3.46. The predicted octanol–water partition coefficient (Wildman–Crippen LogP) is 4.50. The zero-order valence-electron chi connectivity index (χ0n) is 18.4. The molecule has 0 saturated heterocycles. The van der Waals surface area contributed by atoms with Crippen molar-refractivity contribution in [2.45, 2.75) is 13.0 Å². The second-order valence-corrected chi connectivity index (χ2v) is 8.01. The minimum Gasteiger partial charge on any atom is -0.481 e. The number of carbonyl (C=O) groups excluding carboxylic acids is 2. The summed E-state index contributed by atoms with van der Waals surface area (Å²) in [5, 5.41) is 6.71. The van der Waals surface area contributed by atoms with Crippen LogP contribution in [0, 0.1) is 0 Å². The average Bonchev–Trinajstić information content (AvgIpc) is 2.85. The van der Waals surface area contributed by atoms with Gasteiger partial charge in [0.1, 0.15) is 5.75 Å². The van der Waals surface area contributed by atoms with Gasteiger partial charge in [-0.1, -0.05) is 72.8 Å². The van der Waals surface area contributed by atoms with E-state index in [4.69, 9.17) is 17.0 Å². The molecule has 6 nitrogen and oxygen atoms in total. The van der Waals surface area contributed by atoms with Gasteiger partial charge in [0.05, 0.1) is 0 Å². The number of fused-ring (bicyclic) bond motifs is 2. The topological polar surface area (TPSA) is 79.5 Å². The summed E-state index contributed by atoms with van der Waals surface area (Å²) in [6.45, 7) is 1.63. The van der Waals surface area contributed by atoms with Gasteiger partial charge in [-0.15, -0.1) is 0 Å². The molecular weight excluding hydrogens is 446 g/mol. The summed E-state index contributed by atoms with van der Waals surface area (Å²) in [6, 6.07) is 27.3. The zero-order valence-corrected chi connectivity index (χ0v) is 19.3. The van der Waals surface area contributed by atoms with Gasteiger partial charge in [0.25, 0.3) is 5.91 Å². The molecule has 4 aromatic rings. The van der Waals surface area contributed by atoms with Crippen LogP contribution in [0.25, 0.3) is 27.6 Å². The Bertz CT molecular complexity index is 1400. The van der Waals surface area contributed by atoms with Crippen LogP contribution in [-0.4, -0.2) is 23.0 Å². The maximum absolute atomic E-state index is 12.4. The highest BCUT2D eigenvalue weighted by Crippen LogP contribution is 2.21. The summed E-state index contributed by atoms with van der Waals surface area (Å²) in [4.78, 5) is 24.6. The van der Waals surface area contributed by atoms with E-state index < -0.39 is 17.9 Å². The Hall–Kier alpha value is -4.23. The molecular formula is C27H23N3O3S. The van der Waals surface area contributed by atoms with E-state index in [1.54, 1.807) is 13.0 Å². The van der Waals surface area contributed by atoms with Crippen molar-refractivity contribution in [1.82, 2.24) is 16.2 Å². The average molecular weight is 470 g/mol. The molecule has 0 bridgehead atoms. The van der Waals surface area contributed by atoms with Gasteiger partial charge in [-0.25, -0.2) is 0 Å². The van der Waals surface area contributed by atoms with Crippen LogP contribution in [0.5, 0.6) is 5.75 Å². The van der Waals surface area contributed by atoms with E-state index in [1.165, 1.54) is 6.08 Å². The standard InChI is InChI=1S/C27H23N3O3S/c1-18(33-23-15-13-19-7-2-3-9-22(19)17-23)26(32)29-30-27(34)28-25(31)16-14-21-11-6-10-20-8-4-5-12-24(20)21/h2-18H,1H3,(H,29,32)(H2,28,30,31,34). The first-order valence-corrected chi connectivity index (χ1v) is 11.1. The molecule has 0 aliphatic rings. The number of hydrogen-bond acceptors (Lipinski definition) is 4. The minimum atomic E-state index is -0.779. The van der Waals surface area contributed by atoms with Crippen LogP contribution in [0.1, 0.15) is 12.5 Å². The molecule has 2 amide bonds. The van der Waals surface area contributed by atoms with Gasteiger partial charge in [-0.2, -0.15) is 0 Å². The molecule has 0 fully saturated rings. The quantitative estimate of drug-likeness (QED) is 0.228. The van der Waals surface area contributed by atoms with Crippen LogP contribution in [0.15, 0.2) is 91.0 Å². The SMILES string of the molecule is CC(Oc1ccc2ccccc2c1)C(=O)NNC(=S)NC(=O)C=Cc1cccc2ccccc12. The summed E-state index contributed by atoms with van der Waals surface area (Å²) < 4.78 is 5.73. The van der Waals surface area contributed by atoms with E-state index in [0.717, 1.165) is 27.1 Å². The summed E-state index contributed by atoms with van der Waals surface area (Å²) in [6.07, 6.45) is 2.33. The molecule has 1 unspecified atom stereocenters. The molecule has 170 valence electrons. The minimum absolute atomic E-state index is 0.0289. The maximum atomic E-state index is 12.4. The third kappa shape index (κ3) is 5.76. The number of carbonyl (C=O) groups is 2. The van der Waals surface area contributed by atoms with E-state index in [-0.39, 0.29) is 5.11 Å². The van der Waals surface area contributed by atoms with Gasteiger partial charge in [-0.3, -0.25) is 25.8 Å². The molecule has 34 heavy (non-hydrogen) atoms. The van der Waals surface area contributed by atoms with E-state index in [1.807, 2.05) is 84.9 Å². The summed E-state index contributed by atoms with van der Waals surface area (Å²) in [7, 11) is 0. The molecule has 1 atom stereocenters. The van der Waals surface area contributed by atoms with Crippen molar-refractivity contribution in [2.75, 3.05) is 0 Å². The number of amides is 2. The van der Waals surface area contributed by atoms with Crippen molar-refractivity contribution in [3.05, 3.63) is 96.6 Å². The molecule has 0 aliphatic carbocycles. The van der Waals surface area contributed by atoms with Crippen LogP contribution in [0.2, 0.25) is 0 Å². The predicted molar refractivity (Wildman–Crippen MR) is 139 cm³/mol. The van der Waals surface area contributed by atoms with Crippen molar-refractivity contribution in [3.63, 3.8) is 0 Å². The smallest absolute Gasteiger partial charge is 0.279 e. The Morgan fingerprint density at radius 3 is 2.38 bits per heavy atom. The first kappa shape index (κ1) is 22.9. The van der Waals surface area contributed by atoms with Crippen molar-refractivity contribution >= 4 is 56.8 Å². The molecule has 0 aromatic heterocycles. The third-order valence-electron chi connectivity index (χ3n) is 5.18. The lowest BCUT2D eigenvalue weighted by Crippen LogP contribution is -2.51. The van der Waals surface area contributed by atoms with Crippen molar-refractivity contribution in [2.24, 2.45) is 0 Å². The Balaban J connectivity index is 1.26. The number of benzene rings is 4. The first-order chi connectivity index (χ1) is 16.5. The highest BCUT2D eigenvalue weighted by atomic mass is 32.1. The van der Waals surface area contributed by atoms with E-state index >= 15 is 0 Å². The number of thiocarbonyl (C=S) groups is 1. The number of hydrazine groups is 1. The van der Waals surface area contributed by atoms with E-state index in [0.29, 0.717) is 5.75 Å².